The van der Waals surface area contributed by atoms with Gasteiger partial charge in [0.15, 0.2) is 5.43 Å². The molecular formula is C22H25Cl2N3O. The minimum absolute atomic E-state index is 0.0293. The lowest BCUT2D eigenvalue weighted by molar-refractivity contribution is 0.459. The minimum atomic E-state index is 0.0293. The second-order valence-corrected chi connectivity index (χ2v) is 7.82. The molecule has 0 aliphatic heterocycles. The van der Waals surface area contributed by atoms with E-state index in [-0.39, 0.29) is 5.43 Å². The van der Waals surface area contributed by atoms with Crippen molar-refractivity contribution in [1.82, 2.24) is 10.3 Å². The van der Waals surface area contributed by atoms with Crippen LogP contribution in [0.15, 0.2) is 53.3 Å². The van der Waals surface area contributed by atoms with Gasteiger partial charge in [-0.1, -0.05) is 54.7 Å². The summed E-state index contributed by atoms with van der Waals surface area (Å²) in [6.07, 6.45) is 2.20. The Hall–Kier alpha value is -2.01. The Labute approximate surface area is 175 Å². The predicted molar refractivity (Wildman–Crippen MR) is 120 cm³/mol. The number of nitrogens with one attached hydrogen (secondary N) is 3. The number of halogens is 2. The van der Waals surface area contributed by atoms with Crippen LogP contribution in [0.4, 0.5) is 5.82 Å². The number of hydrogen-bond donors (Lipinski definition) is 3. The molecule has 0 radical (unpaired) electrons. The van der Waals surface area contributed by atoms with Crippen LogP contribution in [0.5, 0.6) is 0 Å². The van der Waals surface area contributed by atoms with Gasteiger partial charge in [0.05, 0.1) is 15.6 Å². The summed E-state index contributed by atoms with van der Waals surface area (Å²) in [5, 5.41) is 8.75. The Kier molecular flexibility index (Phi) is 7.37. The summed E-state index contributed by atoms with van der Waals surface area (Å²) in [7, 11) is 0. The zero-order valence-electron chi connectivity index (χ0n) is 15.9. The molecule has 0 saturated heterocycles. The SMILES string of the molecule is CCCC(CNCc1ccc(Cl)c(Cl)c1)CNc1cc(=O)c2ccccc2[nH]1. The fraction of sp³-hybridized carbons (Fsp3) is 0.318. The van der Waals surface area contributed by atoms with Crippen LogP contribution in [0.1, 0.15) is 25.3 Å². The molecule has 0 amide bonds. The summed E-state index contributed by atoms with van der Waals surface area (Å²) in [5.41, 5.74) is 1.99. The van der Waals surface area contributed by atoms with Crippen LogP contribution in [0.3, 0.4) is 0 Å². The first-order valence-electron chi connectivity index (χ1n) is 9.57. The molecule has 0 bridgehead atoms. The summed E-state index contributed by atoms with van der Waals surface area (Å²) in [6.45, 7) is 4.59. The zero-order valence-corrected chi connectivity index (χ0v) is 17.4. The number of anilines is 1. The average Bonchev–Trinajstić information content (AvgIpc) is 2.69. The van der Waals surface area contributed by atoms with Crippen LogP contribution in [0, 0.1) is 5.92 Å². The maximum atomic E-state index is 12.3. The smallest absolute Gasteiger partial charge is 0.191 e. The monoisotopic (exact) mass is 417 g/mol. The van der Waals surface area contributed by atoms with Gasteiger partial charge in [0.25, 0.3) is 0 Å². The lowest BCUT2D eigenvalue weighted by atomic mass is 10.0. The maximum absolute atomic E-state index is 12.3. The molecule has 0 saturated carbocycles. The number of pyridine rings is 1. The summed E-state index contributed by atoms with van der Waals surface area (Å²) >= 11 is 12.0. The third-order valence-electron chi connectivity index (χ3n) is 4.76. The molecule has 1 atom stereocenters. The normalized spacial score (nSPS) is 12.2. The molecule has 28 heavy (non-hydrogen) atoms. The molecule has 3 N–H and O–H groups in total. The van der Waals surface area contributed by atoms with Crippen molar-refractivity contribution in [3.8, 4) is 0 Å². The van der Waals surface area contributed by atoms with Gasteiger partial charge in [0.2, 0.25) is 0 Å². The molecule has 1 heterocycles. The first kappa shape index (κ1) is 20.7. The minimum Gasteiger partial charge on any atom is -0.371 e. The van der Waals surface area contributed by atoms with Crippen molar-refractivity contribution in [3.05, 3.63) is 74.4 Å². The van der Waals surface area contributed by atoms with Crippen molar-refractivity contribution in [1.29, 1.82) is 0 Å². The predicted octanol–water partition coefficient (Wildman–Crippen LogP) is 5.45. The van der Waals surface area contributed by atoms with Crippen LogP contribution < -0.4 is 16.1 Å². The van der Waals surface area contributed by atoms with Gasteiger partial charge in [-0.2, -0.15) is 0 Å². The topological polar surface area (TPSA) is 56.9 Å². The summed E-state index contributed by atoms with van der Waals surface area (Å²) in [4.78, 5) is 15.6. The number of benzene rings is 2. The number of H-pyrrole nitrogens is 1. The molecule has 1 unspecified atom stereocenters. The highest BCUT2D eigenvalue weighted by Gasteiger charge is 2.09. The van der Waals surface area contributed by atoms with Crippen molar-refractivity contribution in [2.75, 3.05) is 18.4 Å². The Bertz CT molecular complexity index is 987. The summed E-state index contributed by atoms with van der Waals surface area (Å²) in [5.74, 6) is 1.21. The molecule has 4 nitrogen and oxygen atoms in total. The second-order valence-electron chi connectivity index (χ2n) is 7.01. The van der Waals surface area contributed by atoms with E-state index in [2.05, 4.69) is 22.5 Å². The third-order valence-corrected chi connectivity index (χ3v) is 5.50. The number of rotatable bonds is 9. The highest BCUT2D eigenvalue weighted by molar-refractivity contribution is 6.42. The van der Waals surface area contributed by atoms with Crippen LogP contribution >= 0.6 is 23.2 Å². The van der Waals surface area contributed by atoms with Crippen LogP contribution in [0.25, 0.3) is 10.9 Å². The van der Waals surface area contributed by atoms with Gasteiger partial charge in [-0.05, 0) is 48.7 Å². The first-order chi connectivity index (χ1) is 13.6. The molecular weight excluding hydrogens is 393 g/mol. The highest BCUT2D eigenvalue weighted by Crippen LogP contribution is 2.22. The fourth-order valence-electron chi connectivity index (χ4n) is 3.30. The molecule has 0 fully saturated rings. The van der Waals surface area contributed by atoms with E-state index in [1.165, 1.54) is 0 Å². The van der Waals surface area contributed by atoms with E-state index >= 15 is 0 Å². The molecule has 2 aromatic carbocycles. The first-order valence-corrected chi connectivity index (χ1v) is 10.3. The second kappa shape index (κ2) is 9.97. The Morgan fingerprint density at radius 3 is 2.64 bits per heavy atom. The number of aromatic amines is 1. The van der Waals surface area contributed by atoms with Gasteiger partial charge in [-0.25, -0.2) is 0 Å². The molecule has 3 aromatic rings. The van der Waals surface area contributed by atoms with Gasteiger partial charge < -0.3 is 15.6 Å². The van der Waals surface area contributed by atoms with E-state index in [1.54, 1.807) is 6.07 Å². The zero-order chi connectivity index (χ0) is 19.9. The molecule has 6 heteroatoms. The maximum Gasteiger partial charge on any atom is 0.191 e. The van der Waals surface area contributed by atoms with E-state index in [1.807, 2.05) is 42.5 Å². The highest BCUT2D eigenvalue weighted by atomic mass is 35.5. The number of hydrogen-bond acceptors (Lipinski definition) is 3. The van der Waals surface area contributed by atoms with Gasteiger partial charge in [-0.15, -0.1) is 0 Å². The summed E-state index contributed by atoms with van der Waals surface area (Å²) in [6, 6.07) is 14.9. The van der Waals surface area contributed by atoms with Gasteiger partial charge >= 0.3 is 0 Å². The van der Waals surface area contributed by atoms with Crippen LogP contribution in [-0.4, -0.2) is 18.1 Å². The number of fused-ring (bicyclic) bond motifs is 1. The van der Waals surface area contributed by atoms with Crippen molar-refractivity contribution in [2.24, 2.45) is 5.92 Å². The van der Waals surface area contributed by atoms with E-state index in [9.17, 15) is 4.79 Å². The lowest BCUT2D eigenvalue weighted by Crippen LogP contribution is -2.28. The quantitative estimate of drug-likeness (QED) is 0.433. The third kappa shape index (κ3) is 5.51. The van der Waals surface area contributed by atoms with Crippen molar-refractivity contribution < 1.29 is 0 Å². The number of aromatic nitrogens is 1. The molecule has 0 aliphatic carbocycles. The van der Waals surface area contributed by atoms with Crippen molar-refractivity contribution in [2.45, 2.75) is 26.3 Å². The largest absolute Gasteiger partial charge is 0.371 e. The average molecular weight is 418 g/mol. The van der Waals surface area contributed by atoms with E-state index in [0.717, 1.165) is 49.4 Å². The van der Waals surface area contributed by atoms with Crippen LogP contribution in [-0.2, 0) is 6.54 Å². The molecule has 0 spiro atoms. The van der Waals surface area contributed by atoms with E-state index in [4.69, 9.17) is 23.2 Å². The lowest BCUT2D eigenvalue weighted by Gasteiger charge is -2.18. The Morgan fingerprint density at radius 1 is 1.04 bits per heavy atom. The van der Waals surface area contributed by atoms with Crippen molar-refractivity contribution >= 4 is 39.9 Å². The molecule has 1 aromatic heterocycles. The molecule has 3 rings (SSSR count). The van der Waals surface area contributed by atoms with Gasteiger partial charge in [0.1, 0.15) is 5.82 Å². The van der Waals surface area contributed by atoms with Crippen LogP contribution in [0.2, 0.25) is 10.0 Å². The van der Waals surface area contributed by atoms with Gasteiger partial charge in [0, 0.05) is 24.5 Å². The van der Waals surface area contributed by atoms with Gasteiger partial charge in [-0.3, -0.25) is 4.79 Å². The Balaban J connectivity index is 1.57. The standard InChI is InChI=1S/C22H25Cl2N3O/c1-2-5-16(13-25-12-15-8-9-18(23)19(24)10-15)14-26-22-11-21(28)17-6-3-4-7-20(17)27-22/h3-4,6-11,16,25H,2,5,12-14H2,1H3,(H2,26,27,28). The molecule has 148 valence electrons. The Morgan fingerprint density at radius 2 is 1.86 bits per heavy atom. The van der Waals surface area contributed by atoms with E-state index < -0.39 is 0 Å². The van der Waals surface area contributed by atoms with E-state index in [0.29, 0.717) is 21.3 Å². The summed E-state index contributed by atoms with van der Waals surface area (Å²) < 4.78 is 0. The number of para-hydroxylation sites is 1. The fourth-order valence-corrected chi connectivity index (χ4v) is 3.62. The molecule has 0 aliphatic rings. The van der Waals surface area contributed by atoms with Crippen molar-refractivity contribution in [3.63, 3.8) is 0 Å².